The van der Waals surface area contributed by atoms with Crippen LogP contribution in [0, 0.1) is 5.41 Å². The summed E-state index contributed by atoms with van der Waals surface area (Å²) in [6.45, 7) is 4.36. The Morgan fingerprint density at radius 3 is 2.31 bits per heavy atom. The molecule has 0 saturated carbocycles. The van der Waals surface area contributed by atoms with Crippen molar-refractivity contribution < 1.29 is 23.0 Å². The van der Waals surface area contributed by atoms with Crippen LogP contribution in [0.3, 0.4) is 0 Å². The molecule has 2 N–H and O–H groups in total. The van der Waals surface area contributed by atoms with Gasteiger partial charge in [-0.2, -0.15) is 13.2 Å². The SMILES string of the molecule is COCCC(C)(C)CNCC(O)C(F)(F)F. The zero-order valence-electron chi connectivity index (χ0n) is 9.90. The Balaban J connectivity index is 3.80. The number of nitrogens with one attached hydrogen (secondary N) is 1. The molecule has 3 nitrogen and oxygen atoms in total. The molecule has 0 bridgehead atoms. The maximum Gasteiger partial charge on any atom is 0.415 e. The van der Waals surface area contributed by atoms with E-state index in [1.54, 1.807) is 7.11 Å². The maximum absolute atomic E-state index is 12.0. The first-order valence-corrected chi connectivity index (χ1v) is 5.13. The number of aliphatic hydroxyl groups excluding tert-OH is 1. The zero-order chi connectivity index (χ0) is 12.8. The van der Waals surface area contributed by atoms with E-state index in [0.29, 0.717) is 13.2 Å². The van der Waals surface area contributed by atoms with Gasteiger partial charge in [0.25, 0.3) is 0 Å². The second-order valence-electron chi connectivity index (χ2n) is 4.60. The minimum Gasteiger partial charge on any atom is -0.385 e. The van der Waals surface area contributed by atoms with Crippen LogP contribution >= 0.6 is 0 Å². The van der Waals surface area contributed by atoms with E-state index in [1.165, 1.54) is 0 Å². The summed E-state index contributed by atoms with van der Waals surface area (Å²) in [4.78, 5) is 0. The highest BCUT2D eigenvalue weighted by Gasteiger charge is 2.37. The first-order valence-electron chi connectivity index (χ1n) is 5.13. The van der Waals surface area contributed by atoms with E-state index in [1.807, 2.05) is 13.8 Å². The third-order valence-corrected chi connectivity index (χ3v) is 2.30. The van der Waals surface area contributed by atoms with Crippen molar-refractivity contribution in [1.82, 2.24) is 5.32 Å². The second-order valence-corrected chi connectivity index (χ2v) is 4.60. The first-order chi connectivity index (χ1) is 7.19. The number of methoxy groups -OCH3 is 1. The summed E-state index contributed by atoms with van der Waals surface area (Å²) in [5.74, 6) is 0. The molecule has 0 rings (SSSR count). The highest BCUT2D eigenvalue weighted by molar-refractivity contribution is 4.74. The third-order valence-electron chi connectivity index (χ3n) is 2.30. The number of ether oxygens (including phenoxy) is 1. The molecule has 6 heteroatoms. The average Bonchev–Trinajstić information content (AvgIpc) is 2.13. The van der Waals surface area contributed by atoms with Gasteiger partial charge in [0.1, 0.15) is 0 Å². The van der Waals surface area contributed by atoms with Crippen molar-refractivity contribution in [1.29, 1.82) is 0 Å². The van der Waals surface area contributed by atoms with E-state index >= 15 is 0 Å². The molecular weight excluding hydrogens is 223 g/mol. The molecular formula is C10H20F3NO2. The van der Waals surface area contributed by atoms with E-state index in [-0.39, 0.29) is 5.41 Å². The van der Waals surface area contributed by atoms with E-state index in [2.05, 4.69) is 5.32 Å². The Labute approximate surface area is 94.0 Å². The van der Waals surface area contributed by atoms with Gasteiger partial charge >= 0.3 is 6.18 Å². The van der Waals surface area contributed by atoms with Crippen LogP contribution in [0.25, 0.3) is 0 Å². The lowest BCUT2D eigenvalue weighted by molar-refractivity contribution is -0.202. The molecule has 0 heterocycles. The Hall–Kier alpha value is -0.330. The summed E-state index contributed by atoms with van der Waals surface area (Å²) < 4.78 is 40.8. The number of rotatable bonds is 7. The van der Waals surface area contributed by atoms with Crippen LogP contribution in [0.1, 0.15) is 20.3 Å². The highest BCUT2D eigenvalue weighted by Crippen LogP contribution is 2.21. The molecule has 1 unspecified atom stereocenters. The van der Waals surface area contributed by atoms with Crippen molar-refractivity contribution in [3.8, 4) is 0 Å². The number of halogens is 3. The standard InChI is InChI=1S/C10H20F3NO2/c1-9(2,4-5-16-3)7-14-6-8(15)10(11,12)13/h8,14-15H,4-7H2,1-3H3. The normalized spacial score (nSPS) is 15.2. The average molecular weight is 243 g/mol. The van der Waals surface area contributed by atoms with Gasteiger partial charge in [0.2, 0.25) is 0 Å². The minimum atomic E-state index is -4.55. The minimum absolute atomic E-state index is 0.151. The quantitative estimate of drug-likeness (QED) is 0.713. The van der Waals surface area contributed by atoms with Crippen molar-refractivity contribution >= 4 is 0 Å². The molecule has 0 aliphatic heterocycles. The summed E-state index contributed by atoms with van der Waals surface area (Å²) in [6, 6.07) is 0. The van der Waals surface area contributed by atoms with Gasteiger partial charge in [0.15, 0.2) is 6.10 Å². The second kappa shape index (κ2) is 6.42. The Kier molecular flexibility index (Phi) is 6.28. The van der Waals surface area contributed by atoms with Crippen molar-refractivity contribution in [2.75, 3.05) is 26.8 Å². The Morgan fingerprint density at radius 2 is 1.88 bits per heavy atom. The summed E-state index contributed by atoms with van der Waals surface area (Å²) >= 11 is 0. The number of alkyl halides is 3. The highest BCUT2D eigenvalue weighted by atomic mass is 19.4. The Bertz CT molecular complexity index is 195. The Morgan fingerprint density at radius 1 is 1.31 bits per heavy atom. The number of hydrogen-bond donors (Lipinski definition) is 2. The van der Waals surface area contributed by atoms with Crippen LogP contribution in [-0.2, 0) is 4.74 Å². The molecule has 0 aromatic heterocycles. The molecule has 0 radical (unpaired) electrons. The molecule has 98 valence electrons. The van der Waals surface area contributed by atoms with Gasteiger partial charge in [-0.15, -0.1) is 0 Å². The predicted molar refractivity (Wildman–Crippen MR) is 55.2 cm³/mol. The van der Waals surface area contributed by atoms with Crippen molar-refractivity contribution in [3.63, 3.8) is 0 Å². The lowest BCUT2D eigenvalue weighted by Gasteiger charge is -2.25. The summed E-state index contributed by atoms with van der Waals surface area (Å²) in [5, 5.41) is 11.4. The fourth-order valence-corrected chi connectivity index (χ4v) is 1.13. The molecule has 16 heavy (non-hydrogen) atoms. The molecule has 0 aliphatic carbocycles. The predicted octanol–water partition coefficient (Wildman–Crippen LogP) is 1.56. The van der Waals surface area contributed by atoms with Crippen molar-refractivity contribution in [2.45, 2.75) is 32.5 Å². The maximum atomic E-state index is 12.0. The molecule has 0 aromatic carbocycles. The summed E-state index contributed by atoms with van der Waals surface area (Å²) in [5.41, 5.74) is -0.151. The monoisotopic (exact) mass is 243 g/mol. The van der Waals surface area contributed by atoms with Gasteiger partial charge in [-0.3, -0.25) is 0 Å². The van der Waals surface area contributed by atoms with Gasteiger partial charge < -0.3 is 15.2 Å². The lowest BCUT2D eigenvalue weighted by atomic mass is 9.90. The topological polar surface area (TPSA) is 41.5 Å². The fourth-order valence-electron chi connectivity index (χ4n) is 1.13. The van der Waals surface area contributed by atoms with E-state index < -0.39 is 18.8 Å². The summed E-state index contributed by atoms with van der Waals surface area (Å²) in [6.07, 6.45) is -6.10. The lowest BCUT2D eigenvalue weighted by Crippen LogP contribution is -2.41. The van der Waals surface area contributed by atoms with Crippen molar-refractivity contribution in [3.05, 3.63) is 0 Å². The van der Waals surface area contributed by atoms with Crippen LogP contribution in [0.2, 0.25) is 0 Å². The molecule has 0 saturated heterocycles. The smallest absolute Gasteiger partial charge is 0.385 e. The third kappa shape index (κ3) is 7.03. The molecule has 0 fully saturated rings. The van der Waals surface area contributed by atoms with Crippen molar-refractivity contribution in [2.24, 2.45) is 5.41 Å². The van der Waals surface area contributed by atoms with E-state index in [0.717, 1.165) is 6.42 Å². The first kappa shape index (κ1) is 15.7. The molecule has 0 aliphatic rings. The summed E-state index contributed by atoms with van der Waals surface area (Å²) in [7, 11) is 1.58. The zero-order valence-corrected chi connectivity index (χ0v) is 9.90. The van der Waals surface area contributed by atoms with Crippen LogP contribution in [-0.4, -0.2) is 44.2 Å². The van der Waals surface area contributed by atoms with Gasteiger partial charge in [-0.05, 0) is 11.8 Å². The van der Waals surface area contributed by atoms with Crippen LogP contribution in [0.5, 0.6) is 0 Å². The van der Waals surface area contributed by atoms with Crippen LogP contribution in [0.15, 0.2) is 0 Å². The number of hydrogen-bond acceptors (Lipinski definition) is 3. The van der Waals surface area contributed by atoms with Crippen LogP contribution in [0.4, 0.5) is 13.2 Å². The fraction of sp³-hybridized carbons (Fsp3) is 1.00. The number of aliphatic hydroxyl groups is 1. The molecule has 0 amide bonds. The van der Waals surface area contributed by atoms with Gasteiger partial charge in [-0.1, -0.05) is 13.8 Å². The largest absolute Gasteiger partial charge is 0.415 e. The van der Waals surface area contributed by atoms with E-state index in [9.17, 15) is 13.2 Å². The molecule has 1 atom stereocenters. The molecule has 0 spiro atoms. The molecule has 0 aromatic rings. The van der Waals surface area contributed by atoms with Gasteiger partial charge in [0, 0.05) is 26.8 Å². The van der Waals surface area contributed by atoms with E-state index in [4.69, 9.17) is 9.84 Å². The van der Waals surface area contributed by atoms with Gasteiger partial charge in [-0.25, -0.2) is 0 Å². The van der Waals surface area contributed by atoms with Gasteiger partial charge in [0.05, 0.1) is 0 Å². The van der Waals surface area contributed by atoms with Crippen LogP contribution < -0.4 is 5.32 Å².